The molecule has 0 aliphatic carbocycles. The van der Waals surface area contributed by atoms with E-state index in [4.69, 9.17) is 0 Å². The first-order chi connectivity index (χ1) is 5.74. The predicted molar refractivity (Wildman–Crippen MR) is 53.2 cm³/mol. The van der Waals surface area contributed by atoms with E-state index in [1.165, 1.54) is 0 Å². The van der Waals surface area contributed by atoms with Crippen LogP contribution in [-0.2, 0) is 0 Å². The van der Waals surface area contributed by atoms with Gasteiger partial charge < -0.3 is 4.90 Å². The van der Waals surface area contributed by atoms with E-state index in [2.05, 4.69) is 16.9 Å². The van der Waals surface area contributed by atoms with Crippen LogP contribution in [0.3, 0.4) is 0 Å². The number of nitrogens with zero attached hydrogens (tertiary/aromatic N) is 3. The fraction of sp³-hybridized carbons (Fsp3) is 0.500. The van der Waals surface area contributed by atoms with Crippen LogP contribution in [0.15, 0.2) is 16.6 Å². The molecule has 0 fully saturated rings. The molecule has 0 amide bonds. The van der Waals surface area contributed by atoms with Crippen molar-refractivity contribution in [3.63, 3.8) is 0 Å². The molecule has 0 aromatic carbocycles. The minimum atomic E-state index is 0.834. The summed E-state index contributed by atoms with van der Waals surface area (Å²) >= 11 is 1.56. The first-order valence-electron chi connectivity index (χ1n) is 3.88. The molecule has 0 radical (unpaired) electrons. The van der Waals surface area contributed by atoms with Gasteiger partial charge in [-0.3, -0.25) is 0 Å². The summed E-state index contributed by atoms with van der Waals surface area (Å²) in [4.78, 5) is 10.5. The van der Waals surface area contributed by atoms with Crippen molar-refractivity contribution in [3.8, 4) is 0 Å². The average molecular weight is 183 g/mol. The zero-order valence-corrected chi connectivity index (χ0v) is 8.43. The van der Waals surface area contributed by atoms with Gasteiger partial charge >= 0.3 is 0 Å². The fourth-order valence-corrected chi connectivity index (χ4v) is 1.40. The maximum Gasteiger partial charge on any atom is 0.210 e. The summed E-state index contributed by atoms with van der Waals surface area (Å²) < 4.78 is 0. The predicted octanol–water partition coefficient (Wildman–Crippen LogP) is 2.14. The molecule has 4 heteroatoms. The van der Waals surface area contributed by atoms with Crippen molar-refractivity contribution in [2.45, 2.75) is 13.3 Å². The zero-order valence-electron chi connectivity index (χ0n) is 7.61. The van der Waals surface area contributed by atoms with Gasteiger partial charge in [0, 0.05) is 32.1 Å². The molecule has 0 bridgehead atoms. The third-order valence-electron chi connectivity index (χ3n) is 1.48. The van der Waals surface area contributed by atoms with Crippen molar-refractivity contribution < 1.29 is 0 Å². The van der Waals surface area contributed by atoms with Gasteiger partial charge in [-0.15, -0.1) is 11.3 Å². The highest BCUT2D eigenvalue weighted by Crippen LogP contribution is 2.15. The van der Waals surface area contributed by atoms with Crippen LogP contribution in [0.4, 0.5) is 5.13 Å². The van der Waals surface area contributed by atoms with Crippen LogP contribution < -0.4 is 0 Å². The molecule has 0 N–H and O–H groups in total. The molecule has 0 unspecified atom stereocenters. The Kier molecular flexibility index (Phi) is 3.22. The smallest absolute Gasteiger partial charge is 0.210 e. The molecule has 0 saturated carbocycles. The van der Waals surface area contributed by atoms with E-state index < -0.39 is 0 Å². The number of aliphatic imine (C=N–C) groups is 1. The van der Waals surface area contributed by atoms with E-state index >= 15 is 0 Å². The normalized spacial score (nSPS) is 11.8. The van der Waals surface area contributed by atoms with Gasteiger partial charge in [0.05, 0.1) is 0 Å². The Balaban J connectivity index is 2.78. The summed E-state index contributed by atoms with van der Waals surface area (Å²) in [5, 5.41) is 2.77. The highest BCUT2D eigenvalue weighted by Gasteiger charge is 1.99. The van der Waals surface area contributed by atoms with Gasteiger partial charge in [0.15, 0.2) is 0 Å². The lowest BCUT2D eigenvalue weighted by Crippen LogP contribution is -2.20. The minimum absolute atomic E-state index is 0.834. The maximum atomic E-state index is 4.39. The molecule has 0 spiro atoms. The lowest BCUT2D eigenvalue weighted by molar-refractivity contribution is 0.608. The minimum Gasteiger partial charge on any atom is -0.366 e. The summed E-state index contributed by atoms with van der Waals surface area (Å²) in [6.45, 7) is 2.09. The molecule has 3 nitrogen and oxygen atoms in total. The van der Waals surface area contributed by atoms with Crippen LogP contribution in [0, 0.1) is 0 Å². The van der Waals surface area contributed by atoms with E-state index in [-0.39, 0.29) is 0 Å². The van der Waals surface area contributed by atoms with Gasteiger partial charge in [0.25, 0.3) is 0 Å². The Labute approximate surface area is 76.8 Å². The van der Waals surface area contributed by atoms with Crippen LogP contribution in [0.2, 0.25) is 0 Å². The van der Waals surface area contributed by atoms with Crippen LogP contribution >= 0.6 is 11.3 Å². The van der Waals surface area contributed by atoms with Gasteiger partial charge in [0.1, 0.15) is 5.84 Å². The standard InChI is InChI=1S/C8H13N3S/c1-4-7(11(2)3)10-8-9-5-6-12-8/h5-6H,4H2,1-3H3/b10-7+. The number of hydrogen-bond donors (Lipinski definition) is 0. The van der Waals surface area contributed by atoms with E-state index in [9.17, 15) is 0 Å². The summed E-state index contributed by atoms with van der Waals surface area (Å²) in [5.41, 5.74) is 0. The van der Waals surface area contributed by atoms with Crippen molar-refractivity contribution in [3.05, 3.63) is 11.6 Å². The van der Waals surface area contributed by atoms with Gasteiger partial charge in [0.2, 0.25) is 5.13 Å². The summed E-state index contributed by atoms with van der Waals surface area (Å²) in [7, 11) is 3.99. The fourth-order valence-electron chi connectivity index (χ4n) is 0.877. The van der Waals surface area contributed by atoms with E-state index in [0.717, 1.165) is 17.4 Å². The topological polar surface area (TPSA) is 28.5 Å². The van der Waals surface area contributed by atoms with Crippen LogP contribution in [-0.4, -0.2) is 29.8 Å². The number of amidine groups is 1. The molecule has 1 aromatic rings. The molecule has 66 valence electrons. The second-order valence-electron chi connectivity index (χ2n) is 2.59. The highest BCUT2D eigenvalue weighted by atomic mass is 32.1. The highest BCUT2D eigenvalue weighted by molar-refractivity contribution is 7.13. The van der Waals surface area contributed by atoms with Gasteiger partial charge in [-0.1, -0.05) is 6.92 Å². The maximum absolute atomic E-state index is 4.39. The first kappa shape index (κ1) is 9.19. The second kappa shape index (κ2) is 4.21. The van der Waals surface area contributed by atoms with Crippen molar-refractivity contribution in [1.29, 1.82) is 0 Å². The molecular formula is C8H13N3S. The van der Waals surface area contributed by atoms with Gasteiger partial charge in [-0.2, -0.15) is 0 Å². The van der Waals surface area contributed by atoms with Crippen LogP contribution in [0.25, 0.3) is 0 Å². The molecule has 1 rings (SSSR count). The summed E-state index contributed by atoms with van der Waals surface area (Å²) in [6, 6.07) is 0. The molecule has 0 saturated heterocycles. The third-order valence-corrected chi connectivity index (χ3v) is 2.14. The Morgan fingerprint density at radius 3 is 2.83 bits per heavy atom. The van der Waals surface area contributed by atoms with Crippen LogP contribution in [0.1, 0.15) is 13.3 Å². The van der Waals surface area contributed by atoms with Crippen LogP contribution in [0.5, 0.6) is 0 Å². The van der Waals surface area contributed by atoms with Crippen molar-refractivity contribution in [2.75, 3.05) is 14.1 Å². The van der Waals surface area contributed by atoms with Crippen molar-refractivity contribution in [2.24, 2.45) is 4.99 Å². The van der Waals surface area contributed by atoms with Gasteiger partial charge in [-0.05, 0) is 0 Å². The largest absolute Gasteiger partial charge is 0.366 e. The quantitative estimate of drug-likeness (QED) is 0.519. The molecule has 1 heterocycles. The summed E-state index contributed by atoms with van der Waals surface area (Å²) in [6.07, 6.45) is 2.71. The molecule has 0 aliphatic rings. The SMILES string of the molecule is CC/C(=N\c1nccs1)N(C)C. The monoisotopic (exact) mass is 183 g/mol. The average Bonchev–Trinajstić information content (AvgIpc) is 2.51. The Morgan fingerprint density at radius 2 is 2.42 bits per heavy atom. The van der Waals surface area contributed by atoms with E-state index in [0.29, 0.717) is 0 Å². The van der Waals surface area contributed by atoms with Crippen molar-refractivity contribution in [1.82, 2.24) is 9.88 Å². The van der Waals surface area contributed by atoms with E-state index in [1.807, 2.05) is 24.4 Å². The number of hydrogen-bond acceptors (Lipinski definition) is 3. The van der Waals surface area contributed by atoms with Gasteiger partial charge in [-0.25, -0.2) is 9.98 Å². The number of rotatable bonds is 2. The summed E-state index contributed by atoms with van der Waals surface area (Å²) in [5.74, 6) is 1.06. The Morgan fingerprint density at radius 1 is 1.67 bits per heavy atom. The molecule has 0 atom stereocenters. The Bertz CT molecular complexity index is 251. The number of aromatic nitrogens is 1. The Hall–Kier alpha value is -0.900. The van der Waals surface area contributed by atoms with E-state index in [1.54, 1.807) is 17.5 Å². The number of thiazole rings is 1. The molecule has 1 aromatic heterocycles. The molecular weight excluding hydrogens is 170 g/mol. The lowest BCUT2D eigenvalue weighted by atomic mass is 10.4. The first-order valence-corrected chi connectivity index (χ1v) is 4.76. The molecule has 0 aliphatic heterocycles. The second-order valence-corrected chi connectivity index (χ2v) is 3.46. The lowest BCUT2D eigenvalue weighted by Gasteiger charge is -2.12. The van der Waals surface area contributed by atoms with Crippen molar-refractivity contribution >= 4 is 22.3 Å². The zero-order chi connectivity index (χ0) is 8.97. The molecule has 12 heavy (non-hydrogen) atoms. The third kappa shape index (κ3) is 2.30.